The van der Waals surface area contributed by atoms with Crippen molar-refractivity contribution >= 4 is 17.6 Å². The molecule has 0 bridgehead atoms. The molecule has 8 nitrogen and oxygen atoms in total. The molecule has 1 aliphatic heterocycles. The molecule has 6 rings (SSSR count). The topological polar surface area (TPSA) is 81.2 Å². The lowest BCUT2D eigenvalue weighted by atomic mass is 9.81. The van der Waals surface area contributed by atoms with Gasteiger partial charge in [0.15, 0.2) is 0 Å². The van der Waals surface area contributed by atoms with E-state index in [2.05, 4.69) is 11.9 Å². The fraction of sp³-hybridized carbons (Fsp3) is 0.649. The normalized spacial score (nSPS) is 25.9. The Labute approximate surface area is 289 Å². The standard InChI is InChI=1S/C37H46F5N3O5/c1-23-4-6-25(7-5-23)34(46)45(26-8-10-27(11-9-26)49-28-12-13-28)32-15-14-29(19-30(32)35(47)48-2)50-33-31(37(40,41)42)18-24(20-43-33)21-44-17-3-16-36(38,39)22-44/h14-15,18-20,23,25-28H,3-13,16-17,21-22H2,1-2H3/t23-,25-,26-,27-. The van der Waals surface area contributed by atoms with Crippen LogP contribution in [0.5, 0.6) is 11.6 Å². The van der Waals surface area contributed by atoms with Crippen LogP contribution < -0.4 is 9.64 Å². The molecule has 3 saturated carbocycles. The average molecular weight is 708 g/mol. The number of benzene rings is 1. The molecule has 4 fully saturated rings. The molecule has 0 radical (unpaired) electrons. The predicted octanol–water partition coefficient (Wildman–Crippen LogP) is 8.56. The zero-order valence-corrected chi connectivity index (χ0v) is 28.7. The molecule has 3 aliphatic carbocycles. The van der Waals surface area contributed by atoms with Gasteiger partial charge in [0.2, 0.25) is 11.8 Å². The number of esters is 1. The molecule has 50 heavy (non-hydrogen) atoms. The molecule has 0 atom stereocenters. The van der Waals surface area contributed by atoms with Crippen molar-refractivity contribution in [2.24, 2.45) is 11.8 Å². The highest BCUT2D eigenvalue weighted by Gasteiger charge is 2.40. The molecule has 1 amide bonds. The second-order valence-corrected chi connectivity index (χ2v) is 14.6. The Morgan fingerprint density at radius 2 is 1.66 bits per heavy atom. The lowest BCUT2D eigenvalue weighted by Gasteiger charge is -2.40. The number of anilines is 1. The summed E-state index contributed by atoms with van der Waals surface area (Å²) < 4.78 is 87.6. The van der Waals surface area contributed by atoms with E-state index in [9.17, 15) is 31.5 Å². The van der Waals surface area contributed by atoms with Crippen LogP contribution in [0.15, 0.2) is 30.5 Å². The molecule has 1 aromatic heterocycles. The number of alkyl halides is 5. The Kier molecular flexibility index (Phi) is 11.0. The number of aromatic nitrogens is 1. The summed E-state index contributed by atoms with van der Waals surface area (Å²) in [4.78, 5) is 34.7. The van der Waals surface area contributed by atoms with Crippen molar-refractivity contribution in [3.05, 3.63) is 47.2 Å². The van der Waals surface area contributed by atoms with Gasteiger partial charge in [-0.1, -0.05) is 6.92 Å². The number of carbonyl (C=O) groups is 2. The fourth-order valence-corrected chi connectivity index (χ4v) is 7.59. The molecule has 274 valence electrons. The first-order valence-corrected chi connectivity index (χ1v) is 17.8. The number of halogens is 5. The molecular weight excluding hydrogens is 661 g/mol. The summed E-state index contributed by atoms with van der Waals surface area (Å²) in [5.74, 6) is -4.24. The van der Waals surface area contributed by atoms with E-state index in [1.807, 2.05) is 0 Å². The number of hydrogen-bond acceptors (Lipinski definition) is 7. The Morgan fingerprint density at radius 3 is 2.28 bits per heavy atom. The van der Waals surface area contributed by atoms with Crippen LogP contribution in [0.25, 0.3) is 0 Å². The number of likely N-dealkylation sites (tertiary alicyclic amines) is 1. The molecule has 0 spiro atoms. The van der Waals surface area contributed by atoms with E-state index in [4.69, 9.17) is 14.2 Å². The molecule has 13 heteroatoms. The second-order valence-electron chi connectivity index (χ2n) is 14.6. The van der Waals surface area contributed by atoms with E-state index in [0.717, 1.165) is 57.4 Å². The van der Waals surface area contributed by atoms with Gasteiger partial charge in [0, 0.05) is 31.1 Å². The van der Waals surface area contributed by atoms with E-state index < -0.39 is 36.1 Å². The van der Waals surface area contributed by atoms with Gasteiger partial charge in [0.05, 0.1) is 37.1 Å². The van der Waals surface area contributed by atoms with Crippen LogP contribution in [0.2, 0.25) is 0 Å². The van der Waals surface area contributed by atoms with E-state index in [0.29, 0.717) is 37.1 Å². The minimum Gasteiger partial charge on any atom is -0.465 e. The summed E-state index contributed by atoms with van der Waals surface area (Å²) in [5, 5.41) is 0. The third kappa shape index (κ3) is 8.93. The number of nitrogens with zero attached hydrogens (tertiary/aromatic N) is 3. The lowest BCUT2D eigenvalue weighted by molar-refractivity contribution is -0.139. The van der Waals surface area contributed by atoms with Crippen molar-refractivity contribution in [2.45, 2.75) is 121 Å². The average Bonchev–Trinajstić information content (AvgIpc) is 3.90. The highest BCUT2D eigenvalue weighted by atomic mass is 19.4. The molecule has 2 aromatic rings. The van der Waals surface area contributed by atoms with Crippen LogP contribution in [-0.4, -0.2) is 66.1 Å². The molecule has 1 aromatic carbocycles. The van der Waals surface area contributed by atoms with Gasteiger partial charge >= 0.3 is 12.1 Å². The maximum atomic E-state index is 14.3. The number of rotatable bonds is 10. The number of amides is 1. The van der Waals surface area contributed by atoms with Crippen molar-refractivity contribution in [1.82, 2.24) is 9.88 Å². The van der Waals surface area contributed by atoms with Crippen LogP contribution in [0.4, 0.5) is 27.6 Å². The maximum Gasteiger partial charge on any atom is 0.421 e. The fourth-order valence-electron chi connectivity index (χ4n) is 7.59. The number of ether oxygens (including phenoxy) is 3. The number of methoxy groups -OCH3 is 1. The smallest absolute Gasteiger partial charge is 0.421 e. The quantitative estimate of drug-likeness (QED) is 0.181. The predicted molar refractivity (Wildman–Crippen MR) is 175 cm³/mol. The van der Waals surface area contributed by atoms with E-state index in [1.165, 1.54) is 36.4 Å². The molecule has 0 unspecified atom stereocenters. The van der Waals surface area contributed by atoms with Gasteiger partial charge < -0.3 is 19.1 Å². The minimum atomic E-state index is -4.86. The van der Waals surface area contributed by atoms with Crippen LogP contribution in [0.3, 0.4) is 0 Å². The Hall–Kier alpha value is -3.32. The van der Waals surface area contributed by atoms with Crippen molar-refractivity contribution in [3.8, 4) is 11.6 Å². The number of carbonyl (C=O) groups excluding carboxylic acids is 2. The second kappa shape index (κ2) is 15.1. The van der Waals surface area contributed by atoms with E-state index >= 15 is 0 Å². The highest BCUT2D eigenvalue weighted by molar-refractivity contribution is 6.04. The van der Waals surface area contributed by atoms with Crippen LogP contribution in [-0.2, 0) is 27.0 Å². The number of hydrogen-bond donors (Lipinski definition) is 0. The van der Waals surface area contributed by atoms with E-state index in [-0.39, 0.29) is 60.2 Å². The van der Waals surface area contributed by atoms with Crippen molar-refractivity contribution in [3.63, 3.8) is 0 Å². The first-order chi connectivity index (χ1) is 23.8. The summed E-state index contributed by atoms with van der Waals surface area (Å²) in [6.07, 6.45) is 5.19. The van der Waals surface area contributed by atoms with Gasteiger partial charge in [-0.2, -0.15) is 13.2 Å². The van der Waals surface area contributed by atoms with Crippen molar-refractivity contribution in [2.75, 3.05) is 25.1 Å². The molecule has 0 N–H and O–H groups in total. The number of piperidine rings is 1. The first-order valence-electron chi connectivity index (χ1n) is 17.8. The molecular formula is C37H46F5N3O5. The van der Waals surface area contributed by atoms with Gasteiger partial charge in [-0.3, -0.25) is 9.69 Å². The van der Waals surface area contributed by atoms with Crippen LogP contribution in [0.1, 0.15) is 105 Å². The van der Waals surface area contributed by atoms with Gasteiger partial charge in [-0.15, -0.1) is 0 Å². The summed E-state index contributed by atoms with van der Waals surface area (Å²) in [7, 11) is 1.20. The monoisotopic (exact) mass is 707 g/mol. The Morgan fingerprint density at radius 1 is 0.980 bits per heavy atom. The zero-order chi connectivity index (χ0) is 35.6. The van der Waals surface area contributed by atoms with Crippen LogP contribution >= 0.6 is 0 Å². The molecule has 2 heterocycles. The SMILES string of the molecule is COC(=O)c1cc(Oc2ncc(CN3CCCC(F)(F)C3)cc2C(F)(F)F)ccc1N(C(=O)[C@H]1CC[C@H](C)CC1)[C@H]1CC[C@H](OC2CC2)CC1. The van der Waals surface area contributed by atoms with Crippen molar-refractivity contribution < 1.29 is 45.8 Å². The Bertz CT molecular complexity index is 1520. The zero-order valence-electron chi connectivity index (χ0n) is 28.7. The highest BCUT2D eigenvalue weighted by Crippen LogP contribution is 2.41. The lowest BCUT2D eigenvalue weighted by Crippen LogP contribution is -2.47. The Balaban J connectivity index is 1.28. The number of pyridine rings is 1. The summed E-state index contributed by atoms with van der Waals surface area (Å²) in [6, 6.07) is 4.92. The van der Waals surface area contributed by atoms with Gasteiger partial charge in [0.25, 0.3) is 5.92 Å². The molecule has 4 aliphatic rings. The van der Waals surface area contributed by atoms with Gasteiger partial charge in [-0.25, -0.2) is 18.6 Å². The largest absolute Gasteiger partial charge is 0.465 e. The van der Waals surface area contributed by atoms with Crippen molar-refractivity contribution in [1.29, 1.82) is 0 Å². The first kappa shape index (κ1) is 36.5. The minimum absolute atomic E-state index is 0.00455. The summed E-state index contributed by atoms with van der Waals surface area (Å²) in [6.45, 7) is 1.86. The van der Waals surface area contributed by atoms with Gasteiger partial charge in [0.1, 0.15) is 11.3 Å². The van der Waals surface area contributed by atoms with Crippen LogP contribution in [0, 0.1) is 11.8 Å². The summed E-state index contributed by atoms with van der Waals surface area (Å²) in [5.41, 5.74) is -0.723. The molecule has 1 saturated heterocycles. The maximum absolute atomic E-state index is 14.3. The summed E-state index contributed by atoms with van der Waals surface area (Å²) >= 11 is 0. The van der Waals surface area contributed by atoms with E-state index in [1.54, 1.807) is 4.90 Å². The third-order valence-corrected chi connectivity index (χ3v) is 10.5. The third-order valence-electron chi connectivity index (χ3n) is 10.5. The van der Waals surface area contributed by atoms with Gasteiger partial charge in [-0.05, 0) is 113 Å².